The summed E-state index contributed by atoms with van der Waals surface area (Å²) in [6.45, 7) is 5.36. The molecule has 0 saturated carbocycles. The monoisotopic (exact) mass is 511 g/mol. The molecule has 11 nitrogen and oxygen atoms in total. The Morgan fingerprint density at radius 2 is 1.91 bits per heavy atom. The molecule has 2 saturated heterocycles. The number of primary amides is 1. The van der Waals surface area contributed by atoms with Gasteiger partial charge in [0.05, 0.1) is 29.8 Å². The van der Waals surface area contributed by atoms with Crippen LogP contribution in [-0.2, 0) is 0 Å². The Labute approximate surface area is 203 Å². The first-order valence-electron chi connectivity index (χ1n) is 11.1. The third-order valence-electron chi connectivity index (χ3n) is 6.39. The van der Waals surface area contributed by atoms with Crippen molar-refractivity contribution in [3.05, 3.63) is 30.2 Å². The maximum absolute atomic E-state index is 15.5. The average Bonchev–Trinajstić information content (AvgIpc) is 3.22. The first kappa shape index (κ1) is 25.2. The summed E-state index contributed by atoms with van der Waals surface area (Å²) in [6, 6.07) is 0.432. The summed E-state index contributed by atoms with van der Waals surface area (Å²) in [6.07, 6.45) is 0.989. The minimum atomic E-state index is -2.52. The number of rotatable bonds is 5. The molecule has 35 heavy (non-hydrogen) atoms. The van der Waals surface area contributed by atoms with Gasteiger partial charge in [0.25, 0.3) is 5.91 Å². The van der Waals surface area contributed by atoms with Gasteiger partial charge in [-0.3, -0.25) is 18.6 Å². The molecule has 4 heterocycles. The van der Waals surface area contributed by atoms with Gasteiger partial charge in [-0.1, -0.05) is 20.8 Å². The van der Waals surface area contributed by atoms with Crippen LogP contribution in [0.1, 0.15) is 43.6 Å². The lowest BCUT2D eigenvalue weighted by Crippen LogP contribution is -2.60. The number of halogens is 1. The van der Waals surface area contributed by atoms with E-state index in [1.807, 2.05) is 0 Å². The molecule has 5 N–H and O–H groups in total. The molecule has 0 aliphatic carbocycles. The van der Waals surface area contributed by atoms with Crippen LogP contribution >= 0.6 is 10.6 Å². The van der Waals surface area contributed by atoms with Gasteiger partial charge in [0.15, 0.2) is 6.17 Å². The fourth-order valence-corrected chi connectivity index (χ4v) is 6.09. The third kappa shape index (κ3) is 5.07. The number of carbonyl (C=O) groups is 2. The van der Waals surface area contributed by atoms with E-state index in [0.29, 0.717) is 11.1 Å². The SMILES string of the molecule is CC(C)(C)C1[C@@H](F)[C@@H](Oc2ncc(-c3cnn(C4CS(O)(O)C4)c3)cc2C(N)=O)CCN1C(=O)O. The molecular weight excluding hydrogens is 481 g/mol. The largest absolute Gasteiger partial charge is 0.471 e. The van der Waals surface area contributed by atoms with Crippen molar-refractivity contribution in [3.63, 3.8) is 0 Å². The quantitative estimate of drug-likeness (QED) is 0.475. The molecule has 2 aromatic heterocycles. The molecule has 2 aliphatic rings. The Morgan fingerprint density at radius 3 is 2.49 bits per heavy atom. The van der Waals surface area contributed by atoms with E-state index in [0.717, 1.165) is 4.90 Å². The van der Waals surface area contributed by atoms with Crippen LogP contribution in [0.25, 0.3) is 11.1 Å². The highest BCUT2D eigenvalue weighted by Gasteiger charge is 2.48. The molecule has 192 valence electrons. The van der Waals surface area contributed by atoms with Gasteiger partial charge in [-0.05, 0) is 11.5 Å². The third-order valence-corrected chi connectivity index (χ3v) is 8.22. The van der Waals surface area contributed by atoms with Gasteiger partial charge in [-0.2, -0.15) is 15.7 Å². The smallest absolute Gasteiger partial charge is 0.407 e. The Bertz CT molecular complexity index is 1130. The molecule has 2 aliphatic heterocycles. The highest BCUT2D eigenvalue weighted by molar-refractivity contribution is 8.25. The summed E-state index contributed by atoms with van der Waals surface area (Å²) in [5.41, 5.74) is 6.02. The summed E-state index contributed by atoms with van der Waals surface area (Å²) < 4.78 is 42.2. The number of carbonyl (C=O) groups excluding carboxylic acids is 1. The number of hydrogen-bond donors (Lipinski definition) is 4. The molecule has 2 amide bonds. The summed E-state index contributed by atoms with van der Waals surface area (Å²) >= 11 is 0. The maximum Gasteiger partial charge on any atom is 0.407 e. The van der Waals surface area contributed by atoms with E-state index >= 15 is 4.39 Å². The molecule has 3 atom stereocenters. The zero-order valence-electron chi connectivity index (χ0n) is 19.7. The lowest BCUT2D eigenvalue weighted by molar-refractivity contribution is -0.0526. The number of alkyl halides is 1. The summed E-state index contributed by atoms with van der Waals surface area (Å²) in [7, 11) is -2.52. The van der Waals surface area contributed by atoms with Gasteiger partial charge in [-0.15, -0.1) is 0 Å². The normalized spacial score (nSPS) is 25.5. The number of amides is 2. The Hall–Kier alpha value is -2.90. The van der Waals surface area contributed by atoms with Crippen LogP contribution < -0.4 is 10.5 Å². The van der Waals surface area contributed by atoms with Crippen LogP contribution in [0.15, 0.2) is 24.7 Å². The number of piperidine rings is 1. The van der Waals surface area contributed by atoms with Crippen LogP contribution in [0.2, 0.25) is 0 Å². The highest BCUT2D eigenvalue weighted by atomic mass is 32.3. The van der Waals surface area contributed by atoms with E-state index < -0.39 is 46.3 Å². The predicted molar refractivity (Wildman–Crippen MR) is 127 cm³/mol. The van der Waals surface area contributed by atoms with Crippen LogP contribution in [0, 0.1) is 5.41 Å². The van der Waals surface area contributed by atoms with E-state index in [1.54, 1.807) is 37.8 Å². The van der Waals surface area contributed by atoms with Crippen molar-refractivity contribution in [1.82, 2.24) is 19.7 Å². The van der Waals surface area contributed by atoms with Gasteiger partial charge >= 0.3 is 6.09 Å². The minimum absolute atomic E-state index is 0.0340. The van der Waals surface area contributed by atoms with E-state index in [1.165, 1.54) is 12.3 Å². The summed E-state index contributed by atoms with van der Waals surface area (Å²) in [5.74, 6) is -0.440. The van der Waals surface area contributed by atoms with Crippen molar-refractivity contribution in [3.8, 4) is 17.0 Å². The van der Waals surface area contributed by atoms with Crippen molar-refractivity contribution in [2.24, 2.45) is 11.1 Å². The van der Waals surface area contributed by atoms with Crippen LogP contribution in [0.3, 0.4) is 0 Å². The van der Waals surface area contributed by atoms with E-state index in [4.69, 9.17) is 10.5 Å². The van der Waals surface area contributed by atoms with Crippen LogP contribution in [0.5, 0.6) is 5.88 Å². The summed E-state index contributed by atoms with van der Waals surface area (Å²) in [4.78, 5) is 29.2. The standard InChI is InChI=1S/C22H30FN5O6S/c1-22(2,3)18-17(23)16(4-5-27(18)21(30)31)34-20-15(19(24)29)6-12(7-25-20)13-8-26-28(9-13)14-10-35(32,33)11-14/h6-9,14,16-18,32-33H,4-5,10-11H2,1-3H3,(H2,24,29)(H,30,31)/t16-,17-,18?/m0/s1. The Morgan fingerprint density at radius 1 is 1.23 bits per heavy atom. The number of carboxylic acid groups (broad SMARTS) is 1. The van der Waals surface area contributed by atoms with E-state index in [2.05, 4.69) is 10.1 Å². The zero-order chi connectivity index (χ0) is 25.7. The molecule has 0 bridgehead atoms. The summed E-state index contributed by atoms with van der Waals surface area (Å²) in [5, 5.41) is 13.8. The average molecular weight is 512 g/mol. The fourth-order valence-electron chi connectivity index (χ4n) is 4.65. The number of hydrogen-bond acceptors (Lipinski definition) is 7. The van der Waals surface area contributed by atoms with Gasteiger partial charge < -0.3 is 20.5 Å². The Balaban J connectivity index is 1.56. The van der Waals surface area contributed by atoms with Crippen molar-refractivity contribution in [1.29, 1.82) is 0 Å². The van der Waals surface area contributed by atoms with E-state index in [-0.39, 0.29) is 42.0 Å². The first-order chi connectivity index (χ1) is 16.3. The second kappa shape index (κ2) is 8.95. The number of nitrogens with zero attached hydrogens (tertiary/aromatic N) is 4. The van der Waals surface area contributed by atoms with E-state index in [9.17, 15) is 23.8 Å². The zero-order valence-corrected chi connectivity index (χ0v) is 20.5. The van der Waals surface area contributed by atoms with Gasteiger partial charge in [0.2, 0.25) is 5.88 Å². The maximum atomic E-state index is 15.5. The molecule has 13 heteroatoms. The second-order valence-corrected chi connectivity index (χ2v) is 12.4. The number of nitrogens with two attached hydrogens (primary N) is 1. The number of likely N-dealkylation sites (tertiary alicyclic amines) is 1. The van der Waals surface area contributed by atoms with Crippen molar-refractivity contribution >= 4 is 22.6 Å². The fraction of sp³-hybridized carbons (Fsp3) is 0.545. The van der Waals surface area contributed by atoms with Crippen molar-refractivity contribution in [2.75, 3.05) is 18.1 Å². The molecule has 2 aromatic rings. The van der Waals surface area contributed by atoms with Gasteiger partial charge in [0, 0.05) is 36.5 Å². The molecule has 0 spiro atoms. The molecule has 2 fully saturated rings. The lowest BCUT2D eigenvalue weighted by Gasteiger charge is -2.46. The number of ether oxygens (including phenoxy) is 1. The predicted octanol–water partition coefficient (Wildman–Crippen LogP) is 3.23. The van der Waals surface area contributed by atoms with Crippen molar-refractivity contribution < 1.29 is 32.9 Å². The minimum Gasteiger partial charge on any atom is -0.471 e. The molecule has 0 aromatic carbocycles. The molecule has 4 rings (SSSR count). The van der Waals surface area contributed by atoms with Crippen molar-refractivity contribution in [2.45, 2.75) is 51.6 Å². The lowest BCUT2D eigenvalue weighted by atomic mass is 9.78. The first-order valence-corrected chi connectivity index (χ1v) is 13.0. The Kier molecular flexibility index (Phi) is 6.45. The van der Waals surface area contributed by atoms with Crippen LogP contribution in [0.4, 0.5) is 9.18 Å². The highest BCUT2D eigenvalue weighted by Crippen LogP contribution is 2.53. The number of pyridine rings is 1. The van der Waals surface area contributed by atoms with Crippen LogP contribution in [-0.4, -0.2) is 82.2 Å². The van der Waals surface area contributed by atoms with Gasteiger partial charge in [0.1, 0.15) is 11.7 Å². The topological polar surface area (TPSA) is 164 Å². The molecule has 0 radical (unpaired) electrons. The second-order valence-electron chi connectivity index (χ2n) is 10.1. The van der Waals surface area contributed by atoms with Gasteiger partial charge in [-0.25, -0.2) is 14.2 Å². The number of aromatic nitrogens is 3. The molecular formula is C22H30FN5O6S. The molecule has 1 unspecified atom stereocenters.